The van der Waals surface area contributed by atoms with E-state index >= 15 is 0 Å². The second-order valence-corrected chi connectivity index (χ2v) is 3.80. The van der Waals surface area contributed by atoms with Gasteiger partial charge in [-0.1, -0.05) is 17.8 Å². The SMILES string of the molecule is C=CC(C)Sc1nnc(C)n1N. The first-order valence-electron chi connectivity index (χ1n) is 3.61. The number of hydrogen-bond donors (Lipinski definition) is 1. The summed E-state index contributed by atoms with van der Waals surface area (Å²) in [5.41, 5.74) is 0. The van der Waals surface area contributed by atoms with Crippen LogP contribution in [-0.2, 0) is 0 Å². The smallest absolute Gasteiger partial charge is 0.210 e. The van der Waals surface area contributed by atoms with E-state index in [2.05, 4.69) is 16.8 Å². The fourth-order valence-corrected chi connectivity index (χ4v) is 1.41. The molecule has 0 aliphatic rings. The average Bonchev–Trinajstić information content (AvgIpc) is 2.36. The van der Waals surface area contributed by atoms with Crippen molar-refractivity contribution in [1.82, 2.24) is 14.9 Å². The van der Waals surface area contributed by atoms with E-state index in [1.807, 2.05) is 19.9 Å². The van der Waals surface area contributed by atoms with E-state index in [1.54, 1.807) is 0 Å². The molecule has 0 saturated heterocycles. The highest BCUT2D eigenvalue weighted by atomic mass is 32.2. The molecule has 0 aromatic carbocycles. The second-order valence-electron chi connectivity index (χ2n) is 2.46. The van der Waals surface area contributed by atoms with E-state index in [9.17, 15) is 0 Å². The van der Waals surface area contributed by atoms with Gasteiger partial charge >= 0.3 is 0 Å². The van der Waals surface area contributed by atoms with Gasteiger partial charge in [-0.05, 0) is 13.8 Å². The Balaban J connectivity index is 2.75. The molecule has 12 heavy (non-hydrogen) atoms. The van der Waals surface area contributed by atoms with Crippen molar-refractivity contribution in [3.63, 3.8) is 0 Å². The van der Waals surface area contributed by atoms with Crippen LogP contribution >= 0.6 is 11.8 Å². The summed E-state index contributed by atoms with van der Waals surface area (Å²) in [6.45, 7) is 7.52. The van der Waals surface area contributed by atoms with E-state index < -0.39 is 0 Å². The predicted octanol–water partition coefficient (Wildman–Crippen LogP) is 0.967. The van der Waals surface area contributed by atoms with Gasteiger partial charge in [-0.15, -0.1) is 16.8 Å². The van der Waals surface area contributed by atoms with Crippen molar-refractivity contribution in [3.8, 4) is 0 Å². The molecule has 0 fully saturated rings. The molecule has 1 atom stereocenters. The lowest BCUT2D eigenvalue weighted by atomic mass is 10.5. The summed E-state index contributed by atoms with van der Waals surface area (Å²) in [6.07, 6.45) is 1.84. The largest absolute Gasteiger partial charge is 0.336 e. The van der Waals surface area contributed by atoms with E-state index in [4.69, 9.17) is 5.84 Å². The highest BCUT2D eigenvalue weighted by Gasteiger charge is 2.08. The number of thioether (sulfide) groups is 1. The Hall–Kier alpha value is -0.970. The Kier molecular flexibility index (Phi) is 2.75. The second kappa shape index (κ2) is 3.62. The lowest BCUT2D eigenvalue weighted by Gasteiger charge is -2.03. The lowest BCUT2D eigenvalue weighted by molar-refractivity contribution is 0.823. The monoisotopic (exact) mass is 184 g/mol. The number of hydrogen-bond acceptors (Lipinski definition) is 4. The van der Waals surface area contributed by atoms with Gasteiger partial charge in [0.15, 0.2) is 0 Å². The standard InChI is InChI=1S/C7H12N4S/c1-4-5(2)12-7-10-9-6(3)11(7)8/h4-5H,1,8H2,2-3H3. The molecule has 0 radical (unpaired) electrons. The van der Waals surface area contributed by atoms with E-state index in [1.165, 1.54) is 16.4 Å². The van der Waals surface area contributed by atoms with Crippen LogP contribution in [0, 0.1) is 6.92 Å². The molecule has 0 aliphatic heterocycles. The molecule has 0 bridgehead atoms. The summed E-state index contributed by atoms with van der Waals surface area (Å²) < 4.78 is 1.48. The molecule has 1 unspecified atom stereocenters. The van der Waals surface area contributed by atoms with Crippen LogP contribution in [0.3, 0.4) is 0 Å². The fraction of sp³-hybridized carbons (Fsp3) is 0.429. The topological polar surface area (TPSA) is 56.7 Å². The summed E-state index contributed by atoms with van der Waals surface area (Å²) >= 11 is 1.54. The molecular weight excluding hydrogens is 172 g/mol. The number of nitrogens with zero attached hydrogens (tertiary/aromatic N) is 3. The van der Waals surface area contributed by atoms with Gasteiger partial charge in [-0.2, -0.15) is 0 Å². The molecule has 4 nitrogen and oxygen atoms in total. The number of rotatable bonds is 3. The van der Waals surface area contributed by atoms with Gasteiger partial charge in [0, 0.05) is 5.25 Å². The maximum atomic E-state index is 5.64. The molecule has 0 spiro atoms. The maximum Gasteiger partial charge on any atom is 0.210 e. The fourth-order valence-electron chi connectivity index (χ4n) is 0.645. The van der Waals surface area contributed by atoms with Crippen LogP contribution < -0.4 is 5.84 Å². The van der Waals surface area contributed by atoms with Crippen molar-refractivity contribution in [2.45, 2.75) is 24.3 Å². The molecular formula is C7H12N4S. The van der Waals surface area contributed by atoms with Crippen molar-refractivity contribution in [3.05, 3.63) is 18.5 Å². The molecule has 1 aromatic heterocycles. The first-order valence-corrected chi connectivity index (χ1v) is 4.49. The van der Waals surface area contributed by atoms with Gasteiger partial charge in [0.2, 0.25) is 5.16 Å². The van der Waals surface area contributed by atoms with Crippen LogP contribution in [0.2, 0.25) is 0 Å². The number of nitrogen functional groups attached to an aromatic ring is 1. The third-order valence-electron chi connectivity index (χ3n) is 1.46. The Labute approximate surface area is 75.8 Å². The highest BCUT2D eigenvalue weighted by molar-refractivity contribution is 7.99. The Morgan fingerprint density at radius 3 is 2.75 bits per heavy atom. The molecule has 5 heteroatoms. The van der Waals surface area contributed by atoms with Crippen LogP contribution in [0.5, 0.6) is 0 Å². The average molecular weight is 184 g/mol. The normalized spacial score (nSPS) is 12.8. The summed E-state index contributed by atoms with van der Waals surface area (Å²) in [6, 6.07) is 0. The third kappa shape index (κ3) is 1.79. The molecule has 1 heterocycles. The lowest BCUT2D eigenvalue weighted by Crippen LogP contribution is -2.12. The van der Waals surface area contributed by atoms with Gasteiger partial charge in [0.25, 0.3) is 0 Å². The Morgan fingerprint density at radius 1 is 1.67 bits per heavy atom. The van der Waals surface area contributed by atoms with Crippen LogP contribution in [-0.4, -0.2) is 20.1 Å². The van der Waals surface area contributed by atoms with E-state index in [0.717, 1.165) is 5.16 Å². The van der Waals surface area contributed by atoms with Crippen LogP contribution in [0.4, 0.5) is 0 Å². The number of aromatic nitrogens is 3. The minimum atomic E-state index is 0.302. The Bertz CT molecular complexity index is 281. The van der Waals surface area contributed by atoms with Crippen LogP contribution in [0.15, 0.2) is 17.8 Å². The Morgan fingerprint density at radius 2 is 2.33 bits per heavy atom. The van der Waals surface area contributed by atoms with E-state index in [0.29, 0.717) is 11.1 Å². The van der Waals surface area contributed by atoms with Crippen molar-refractivity contribution in [2.75, 3.05) is 5.84 Å². The molecule has 2 N–H and O–H groups in total. The first-order chi connectivity index (χ1) is 5.65. The van der Waals surface area contributed by atoms with Gasteiger partial charge in [0.1, 0.15) is 5.82 Å². The van der Waals surface area contributed by atoms with Crippen molar-refractivity contribution in [1.29, 1.82) is 0 Å². The number of nitrogens with two attached hydrogens (primary N) is 1. The molecule has 1 rings (SSSR count). The third-order valence-corrected chi connectivity index (χ3v) is 2.51. The van der Waals surface area contributed by atoms with Gasteiger partial charge in [0.05, 0.1) is 0 Å². The molecule has 66 valence electrons. The summed E-state index contributed by atoms with van der Waals surface area (Å²) in [5.74, 6) is 6.36. The van der Waals surface area contributed by atoms with Gasteiger partial charge in [-0.3, -0.25) is 0 Å². The molecule has 1 aromatic rings. The molecule has 0 aliphatic carbocycles. The quantitative estimate of drug-likeness (QED) is 0.432. The zero-order valence-corrected chi connectivity index (χ0v) is 8.01. The zero-order valence-electron chi connectivity index (χ0n) is 7.19. The summed E-state index contributed by atoms with van der Waals surface area (Å²) in [7, 11) is 0. The van der Waals surface area contributed by atoms with Crippen molar-refractivity contribution >= 4 is 11.8 Å². The van der Waals surface area contributed by atoms with Crippen LogP contribution in [0.1, 0.15) is 12.7 Å². The van der Waals surface area contributed by atoms with Crippen LogP contribution in [0.25, 0.3) is 0 Å². The molecule has 0 amide bonds. The van der Waals surface area contributed by atoms with Gasteiger partial charge < -0.3 is 5.84 Å². The maximum absolute atomic E-state index is 5.64. The minimum Gasteiger partial charge on any atom is -0.336 e. The predicted molar refractivity (Wildman–Crippen MR) is 50.4 cm³/mol. The van der Waals surface area contributed by atoms with Gasteiger partial charge in [-0.25, -0.2) is 4.68 Å². The van der Waals surface area contributed by atoms with E-state index in [-0.39, 0.29) is 0 Å². The van der Waals surface area contributed by atoms with Crippen molar-refractivity contribution < 1.29 is 0 Å². The number of aryl methyl sites for hydroxylation is 1. The first kappa shape index (κ1) is 9.12. The minimum absolute atomic E-state index is 0.302. The highest BCUT2D eigenvalue weighted by Crippen LogP contribution is 2.20. The summed E-state index contributed by atoms with van der Waals surface area (Å²) in [4.78, 5) is 0. The zero-order chi connectivity index (χ0) is 9.14. The molecule has 0 saturated carbocycles. The van der Waals surface area contributed by atoms with Crippen molar-refractivity contribution in [2.24, 2.45) is 0 Å². The summed E-state index contributed by atoms with van der Waals surface area (Å²) in [5, 5.41) is 8.77.